The summed E-state index contributed by atoms with van der Waals surface area (Å²) in [5.74, 6) is 0. The molecule has 0 nitrogen and oxygen atoms in total. The molecule has 0 heterocycles. The molecular weight excluding hydrogens is 132 g/mol. The number of rotatable bonds is 0. The van der Waals surface area contributed by atoms with E-state index in [0.29, 0.717) is 0 Å². The largest absolute Gasteiger partial charge is 0.0885 e. The molecule has 1 rings (SSSR count). The van der Waals surface area contributed by atoms with Gasteiger partial charge in [0.15, 0.2) is 0 Å². The van der Waals surface area contributed by atoms with E-state index in [1.54, 1.807) is 0 Å². The first-order valence-electron chi connectivity index (χ1n) is 4.80. The highest BCUT2D eigenvalue weighted by Gasteiger charge is 1.86. The molecule has 0 saturated heterocycles. The molecule has 0 aromatic carbocycles. The van der Waals surface area contributed by atoms with Gasteiger partial charge in [-0.15, -0.1) is 0 Å². The lowest BCUT2D eigenvalue weighted by Crippen LogP contribution is -1.71. The minimum absolute atomic E-state index is 1.27. The Bertz CT molecular complexity index is 115. The summed E-state index contributed by atoms with van der Waals surface area (Å²) in [6.07, 6.45) is 18.5. The van der Waals surface area contributed by atoms with Crippen LogP contribution in [0.4, 0.5) is 0 Å². The van der Waals surface area contributed by atoms with Crippen molar-refractivity contribution in [2.24, 2.45) is 0 Å². The van der Waals surface area contributed by atoms with Crippen molar-refractivity contribution in [3.63, 3.8) is 0 Å². The first-order chi connectivity index (χ1) is 5.50. The molecule has 0 N–H and O–H groups in total. The third kappa shape index (κ3) is 4.83. The average Bonchev–Trinajstić information content (AvgIpc) is 2.08. The number of hydrogen-bond donors (Lipinski definition) is 0. The average molecular weight is 150 g/mol. The van der Waals surface area contributed by atoms with Crippen LogP contribution >= 0.6 is 0 Å². The minimum atomic E-state index is 1.27. The highest BCUT2D eigenvalue weighted by atomic mass is 13.9. The van der Waals surface area contributed by atoms with Gasteiger partial charge in [-0.1, -0.05) is 24.3 Å². The Balaban J connectivity index is 2.22. The van der Waals surface area contributed by atoms with Crippen LogP contribution in [-0.2, 0) is 0 Å². The predicted octanol–water partition coefficient (Wildman–Crippen LogP) is 3.84. The Morgan fingerprint density at radius 2 is 0.818 bits per heavy atom. The monoisotopic (exact) mass is 150 g/mol. The van der Waals surface area contributed by atoms with Gasteiger partial charge < -0.3 is 0 Å². The van der Waals surface area contributed by atoms with E-state index < -0.39 is 0 Å². The fraction of sp³-hybridized carbons (Fsp3) is 0.636. The Hall–Kier alpha value is -0.520. The van der Waals surface area contributed by atoms with Crippen molar-refractivity contribution in [2.75, 3.05) is 0 Å². The van der Waals surface area contributed by atoms with E-state index in [0.717, 1.165) is 0 Å². The van der Waals surface area contributed by atoms with Crippen molar-refractivity contribution < 1.29 is 0 Å². The third-order valence-corrected chi connectivity index (χ3v) is 2.07. The highest BCUT2D eigenvalue weighted by Crippen LogP contribution is 2.06. The lowest BCUT2D eigenvalue weighted by molar-refractivity contribution is 0.761. The van der Waals surface area contributed by atoms with Crippen LogP contribution in [0.15, 0.2) is 24.3 Å². The standard InChI is InChI=1S/C11H18/c1-2-4-6-8-10-11-9-7-5-3-1/h1-2,9,11H,3-8,10H2/b2-1+,11-9+. The van der Waals surface area contributed by atoms with E-state index in [2.05, 4.69) is 24.3 Å². The van der Waals surface area contributed by atoms with Crippen LogP contribution in [0.3, 0.4) is 0 Å². The summed E-state index contributed by atoms with van der Waals surface area (Å²) in [6.45, 7) is 0. The Kier molecular flexibility index (Phi) is 4.84. The van der Waals surface area contributed by atoms with Crippen molar-refractivity contribution in [2.45, 2.75) is 44.9 Å². The van der Waals surface area contributed by atoms with Crippen LogP contribution in [-0.4, -0.2) is 0 Å². The van der Waals surface area contributed by atoms with Gasteiger partial charge in [0.05, 0.1) is 0 Å². The zero-order valence-electron chi connectivity index (χ0n) is 7.26. The van der Waals surface area contributed by atoms with Crippen LogP contribution < -0.4 is 0 Å². The van der Waals surface area contributed by atoms with Crippen molar-refractivity contribution in [3.05, 3.63) is 24.3 Å². The number of allylic oxidation sites excluding steroid dienone is 4. The van der Waals surface area contributed by atoms with Gasteiger partial charge >= 0.3 is 0 Å². The molecule has 0 bridgehead atoms. The molecule has 0 atom stereocenters. The lowest BCUT2D eigenvalue weighted by atomic mass is 10.2. The number of hydrogen-bond acceptors (Lipinski definition) is 0. The summed E-state index contributed by atoms with van der Waals surface area (Å²) in [5, 5.41) is 0. The maximum atomic E-state index is 2.34. The van der Waals surface area contributed by atoms with Crippen molar-refractivity contribution in [1.82, 2.24) is 0 Å². The second-order valence-electron chi connectivity index (χ2n) is 3.16. The minimum Gasteiger partial charge on any atom is -0.0885 e. The molecule has 62 valence electrons. The molecular formula is C11H18. The SMILES string of the molecule is C1=C/CCCC/C=C/CCC/1. The fourth-order valence-electron chi connectivity index (χ4n) is 1.35. The van der Waals surface area contributed by atoms with E-state index in [9.17, 15) is 0 Å². The summed E-state index contributed by atoms with van der Waals surface area (Å²) in [6, 6.07) is 0. The second-order valence-corrected chi connectivity index (χ2v) is 3.16. The van der Waals surface area contributed by atoms with Gasteiger partial charge in [-0.25, -0.2) is 0 Å². The topological polar surface area (TPSA) is 0 Å². The van der Waals surface area contributed by atoms with Gasteiger partial charge in [0.2, 0.25) is 0 Å². The second kappa shape index (κ2) is 6.21. The molecule has 0 fully saturated rings. The van der Waals surface area contributed by atoms with Gasteiger partial charge in [0.1, 0.15) is 0 Å². The summed E-state index contributed by atoms with van der Waals surface area (Å²) in [7, 11) is 0. The van der Waals surface area contributed by atoms with Gasteiger partial charge in [-0.05, 0) is 44.9 Å². The molecule has 0 heteroatoms. The van der Waals surface area contributed by atoms with E-state index in [4.69, 9.17) is 0 Å². The Morgan fingerprint density at radius 3 is 1.27 bits per heavy atom. The molecule has 0 saturated carbocycles. The normalized spacial score (nSPS) is 26.9. The van der Waals surface area contributed by atoms with Crippen LogP contribution in [0.1, 0.15) is 44.9 Å². The maximum absolute atomic E-state index is 2.34. The molecule has 0 radical (unpaired) electrons. The Morgan fingerprint density at radius 1 is 0.455 bits per heavy atom. The zero-order valence-corrected chi connectivity index (χ0v) is 7.26. The quantitative estimate of drug-likeness (QED) is 0.460. The molecule has 0 unspecified atom stereocenters. The van der Waals surface area contributed by atoms with Crippen LogP contribution in [0, 0.1) is 0 Å². The molecule has 11 heavy (non-hydrogen) atoms. The van der Waals surface area contributed by atoms with Crippen molar-refractivity contribution in [3.8, 4) is 0 Å². The molecule has 0 spiro atoms. The molecule has 0 aliphatic heterocycles. The van der Waals surface area contributed by atoms with E-state index in [1.807, 2.05) is 0 Å². The molecule has 0 aromatic heterocycles. The van der Waals surface area contributed by atoms with Crippen LogP contribution in [0.25, 0.3) is 0 Å². The van der Waals surface area contributed by atoms with Crippen molar-refractivity contribution >= 4 is 0 Å². The first-order valence-corrected chi connectivity index (χ1v) is 4.80. The van der Waals surface area contributed by atoms with Crippen LogP contribution in [0.5, 0.6) is 0 Å². The van der Waals surface area contributed by atoms with Crippen LogP contribution in [0.2, 0.25) is 0 Å². The summed E-state index contributed by atoms with van der Waals surface area (Å²) >= 11 is 0. The molecule has 0 aromatic rings. The summed E-state index contributed by atoms with van der Waals surface area (Å²) in [5.41, 5.74) is 0. The van der Waals surface area contributed by atoms with Crippen molar-refractivity contribution in [1.29, 1.82) is 0 Å². The molecule has 1 aliphatic carbocycles. The summed E-state index contributed by atoms with van der Waals surface area (Å²) < 4.78 is 0. The molecule has 1 aliphatic rings. The lowest BCUT2D eigenvalue weighted by Gasteiger charge is -1.90. The van der Waals surface area contributed by atoms with Gasteiger partial charge in [-0.2, -0.15) is 0 Å². The van der Waals surface area contributed by atoms with Gasteiger partial charge in [0.25, 0.3) is 0 Å². The van der Waals surface area contributed by atoms with E-state index in [1.165, 1.54) is 44.9 Å². The predicted molar refractivity (Wildman–Crippen MR) is 50.6 cm³/mol. The van der Waals surface area contributed by atoms with Gasteiger partial charge in [0, 0.05) is 0 Å². The third-order valence-electron chi connectivity index (χ3n) is 2.07. The van der Waals surface area contributed by atoms with E-state index in [-0.39, 0.29) is 0 Å². The van der Waals surface area contributed by atoms with E-state index >= 15 is 0 Å². The maximum Gasteiger partial charge on any atom is -0.0348 e. The van der Waals surface area contributed by atoms with Gasteiger partial charge in [-0.3, -0.25) is 0 Å². The summed E-state index contributed by atoms with van der Waals surface area (Å²) in [4.78, 5) is 0. The highest BCUT2D eigenvalue weighted by molar-refractivity contribution is 4.87. The fourth-order valence-corrected chi connectivity index (χ4v) is 1.35. The molecule has 0 amide bonds. The smallest absolute Gasteiger partial charge is 0.0348 e. The Labute approximate surface area is 70.0 Å². The first kappa shape index (κ1) is 8.58. The zero-order chi connectivity index (χ0) is 7.78.